The summed E-state index contributed by atoms with van der Waals surface area (Å²) in [7, 11) is 0. The summed E-state index contributed by atoms with van der Waals surface area (Å²) in [6.45, 7) is 0. The normalized spacial score (nSPS) is 18.0. The second-order valence-electron chi connectivity index (χ2n) is 4.36. The Bertz CT molecular complexity index is 441. The highest BCUT2D eigenvalue weighted by atomic mass is 35.5. The molecule has 1 aliphatic rings. The number of halogens is 1. The first-order valence-corrected chi connectivity index (χ1v) is 5.91. The minimum atomic E-state index is -1.26. The second-order valence-corrected chi connectivity index (χ2v) is 4.77. The van der Waals surface area contributed by atoms with Crippen LogP contribution in [0.25, 0.3) is 0 Å². The number of carbonyl (C=O) groups excluding carboxylic acids is 1. The Kier molecular flexibility index (Phi) is 3.26. The summed E-state index contributed by atoms with van der Waals surface area (Å²) in [5.74, 6) is -0.444. The molecule has 0 bridgehead atoms. The van der Waals surface area contributed by atoms with Gasteiger partial charge in [-0.3, -0.25) is 4.79 Å². The number of anilines is 1. The molecule has 1 aliphatic carbocycles. The second kappa shape index (κ2) is 4.55. The molecule has 4 nitrogen and oxygen atoms in total. The van der Waals surface area contributed by atoms with Crippen LogP contribution >= 0.6 is 11.6 Å². The summed E-state index contributed by atoms with van der Waals surface area (Å²) in [4.78, 5) is 11.9. The van der Waals surface area contributed by atoms with Crippen molar-refractivity contribution in [3.05, 3.63) is 23.2 Å². The molecule has 3 N–H and O–H groups in total. The Balaban J connectivity index is 2.10. The Morgan fingerprint density at radius 1 is 1.35 bits per heavy atom. The van der Waals surface area contributed by atoms with E-state index in [1.54, 1.807) is 0 Å². The van der Waals surface area contributed by atoms with Crippen molar-refractivity contribution in [2.45, 2.75) is 31.3 Å². The van der Waals surface area contributed by atoms with Crippen molar-refractivity contribution in [2.75, 3.05) is 5.32 Å². The molecule has 1 saturated carbocycles. The maximum absolute atomic E-state index is 11.9. The molecule has 0 radical (unpaired) electrons. The molecule has 0 heterocycles. The molecule has 92 valence electrons. The zero-order chi connectivity index (χ0) is 12.5. The molecule has 5 heteroatoms. The molecule has 1 aromatic rings. The zero-order valence-electron chi connectivity index (χ0n) is 9.24. The summed E-state index contributed by atoms with van der Waals surface area (Å²) in [6, 6.07) is 4.39. The molecular formula is C12H14ClNO3. The van der Waals surface area contributed by atoms with Gasteiger partial charge in [0.15, 0.2) is 0 Å². The van der Waals surface area contributed by atoms with Gasteiger partial charge in [-0.25, -0.2) is 0 Å². The highest BCUT2D eigenvalue weighted by molar-refractivity contribution is 6.32. The van der Waals surface area contributed by atoms with E-state index in [-0.39, 0.29) is 10.8 Å². The predicted molar refractivity (Wildman–Crippen MR) is 65.2 cm³/mol. The van der Waals surface area contributed by atoms with Crippen LogP contribution in [0.5, 0.6) is 5.75 Å². The molecule has 0 atom stereocenters. The third-order valence-corrected chi connectivity index (χ3v) is 3.36. The van der Waals surface area contributed by atoms with E-state index in [1.807, 2.05) is 0 Å². The largest absolute Gasteiger partial charge is 0.506 e. The van der Waals surface area contributed by atoms with Crippen LogP contribution in [0.2, 0.25) is 5.02 Å². The van der Waals surface area contributed by atoms with E-state index in [0.29, 0.717) is 18.5 Å². The lowest BCUT2D eigenvalue weighted by Gasteiger charge is -2.21. The number of aliphatic hydroxyl groups is 1. The summed E-state index contributed by atoms with van der Waals surface area (Å²) in [6.07, 6.45) is 2.70. The fourth-order valence-corrected chi connectivity index (χ4v) is 2.20. The van der Waals surface area contributed by atoms with E-state index in [9.17, 15) is 15.0 Å². The SMILES string of the molecule is O=C(Nc1ccc(O)c(Cl)c1)C1(O)CCCC1. The van der Waals surface area contributed by atoms with Gasteiger partial charge in [-0.05, 0) is 43.9 Å². The van der Waals surface area contributed by atoms with E-state index < -0.39 is 11.5 Å². The van der Waals surface area contributed by atoms with Gasteiger partial charge in [0, 0.05) is 5.69 Å². The molecule has 2 rings (SSSR count). The number of benzene rings is 1. The number of carbonyl (C=O) groups is 1. The van der Waals surface area contributed by atoms with Crippen molar-refractivity contribution in [2.24, 2.45) is 0 Å². The average molecular weight is 256 g/mol. The Labute approximate surface area is 104 Å². The third-order valence-electron chi connectivity index (χ3n) is 3.06. The van der Waals surface area contributed by atoms with Gasteiger partial charge in [0.05, 0.1) is 5.02 Å². The molecule has 1 fully saturated rings. The van der Waals surface area contributed by atoms with Crippen LogP contribution < -0.4 is 5.32 Å². The van der Waals surface area contributed by atoms with Crippen LogP contribution in [0.15, 0.2) is 18.2 Å². The highest BCUT2D eigenvalue weighted by Crippen LogP contribution is 2.31. The third kappa shape index (κ3) is 2.53. The number of rotatable bonds is 2. The van der Waals surface area contributed by atoms with Gasteiger partial charge in [0.2, 0.25) is 0 Å². The number of phenolic OH excluding ortho intramolecular Hbond substituents is 1. The Morgan fingerprint density at radius 3 is 2.59 bits per heavy atom. The average Bonchev–Trinajstić information content (AvgIpc) is 2.72. The predicted octanol–water partition coefficient (Wildman–Crippen LogP) is 2.29. The lowest BCUT2D eigenvalue weighted by atomic mass is 10.0. The van der Waals surface area contributed by atoms with Crippen LogP contribution in [0.3, 0.4) is 0 Å². The van der Waals surface area contributed by atoms with Crippen molar-refractivity contribution >= 4 is 23.2 Å². The van der Waals surface area contributed by atoms with E-state index in [0.717, 1.165) is 12.8 Å². The number of phenols is 1. The molecule has 0 aromatic heterocycles. The van der Waals surface area contributed by atoms with Crippen LogP contribution in [0.1, 0.15) is 25.7 Å². The van der Waals surface area contributed by atoms with E-state index >= 15 is 0 Å². The Hall–Kier alpha value is -1.26. The molecule has 0 saturated heterocycles. The van der Waals surface area contributed by atoms with Gasteiger partial charge in [0.25, 0.3) is 5.91 Å². The number of hydrogen-bond acceptors (Lipinski definition) is 3. The number of amides is 1. The first-order valence-electron chi connectivity index (χ1n) is 5.54. The lowest BCUT2D eigenvalue weighted by molar-refractivity contribution is -0.133. The fraction of sp³-hybridized carbons (Fsp3) is 0.417. The first-order chi connectivity index (χ1) is 8.01. The fourth-order valence-electron chi connectivity index (χ4n) is 2.02. The maximum atomic E-state index is 11.9. The van der Waals surface area contributed by atoms with Gasteiger partial charge >= 0.3 is 0 Å². The van der Waals surface area contributed by atoms with E-state index in [4.69, 9.17) is 11.6 Å². The summed E-state index contributed by atoms with van der Waals surface area (Å²) < 4.78 is 0. The number of hydrogen-bond donors (Lipinski definition) is 3. The summed E-state index contributed by atoms with van der Waals surface area (Å²) in [5, 5.41) is 22.1. The quantitative estimate of drug-likeness (QED) is 0.710. The Morgan fingerprint density at radius 2 is 2.00 bits per heavy atom. The van der Waals surface area contributed by atoms with Crippen molar-refractivity contribution in [3.63, 3.8) is 0 Å². The van der Waals surface area contributed by atoms with Crippen LogP contribution in [-0.2, 0) is 4.79 Å². The van der Waals surface area contributed by atoms with Crippen LogP contribution in [0, 0.1) is 0 Å². The summed E-state index contributed by atoms with van der Waals surface area (Å²) in [5.41, 5.74) is -0.789. The molecule has 17 heavy (non-hydrogen) atoms. The molecule has 0 spiro atoms. The van der Waals surface area contributed by atoms with Gasteiger partial charge < -0.3 is 15.5 Å². The summed E-state index contributed by atoms with van der Waals surface area (Å²) >= 11 is 5.73. The molecule has 0 unspecified atom stereocenters. The first kappa shape index (κ1) is 12.2. The highest BCUT2D eigenvalue weighted by Gasteiger charge is 2.38. The monoisotopic (exact) mass is 255 g/mol. The van der Waals surface area contributed by atoms with Crippen molar-refractivity contribution < 1.29 is 15.0 Å². The smallest absolute Gasteiger partial charge is 0.256 e. The molecular weight excluding hydrogens is 242 g/mol. The van der Waals surface area contributed by atoms with Gasteiger partial charge in [0.1, 0.15) is 11.4 Å². The lowest BCUT2D eigenvalue weighted by Crippen LogP contribution is -2.40. The molecule has 1 amide bonds. The number of nitrogens with one attached hydrogen (secondary N) is 1. The topological polar surface area (TPSA) is 69.6 Å². The van der Waals surface area contributed by atoms with E-state index in [2.05, 4.69) is 5.32 Å². The number of aromatic hydroxyl groups is 1. The van der Waals surface area contributed by atoms with Crippen molar-refractivity contribution in [1.82, 2.24) is 0 Å². The van der Waals surface area contributed by atoms with Crippen LogP contribution in [0.4, 0.5) is 5.69 Å². The van der Waals surface area contributed by atoms with Gasteiger partial charge in [-0.15, -0.1) is 0 Å². The van der Waals surface area contributed by atoms with Crippen LogP contribution in [-0.4, -0.2) is 21.7 Å². The van der Waals surface area contributed by atoms with Crippen molar-refractivity contribution in [1.29, 1.82) is 0 Å². The van der Waals surface area contributed by atoms with E-state index in [1.165, 1.54) is 18.2 Å². The minimum Gasteiger partial charge on any atom is -0.506 e. The molecule has 0 aliphatic heterocycles. The van der Waals surface area contributed by atoms with Gasteiger partial charge in [-0.1, -0.05) is 11.6 Å². The maximum Gasteiger partial charge on any atom is 0.256 e. The standard InChI is InChI=1S/C12H14ClNO3/c13-9-7-8(3-4-10(9)15)14-11(16)12(17)5-1-2-6-12/h3-4,7,15,17H,1-2,5-6H2,(H,14,16). The zero-order valence-corrected chi connectivity index (χ0v) is 10.00. The van der Waals surface area contributed by atoms with Crippen molar-refractivity contribution in [3.8, 4) is 5.75 Å². The molecule has 1 aromatic carbocycles. The minimum absolute atomic E-state index is 0.0377. The van der Waals surface area contributed by atoms with Gasteiger partial charge in [-0.2, -0.15) is 0 Å².